The first-order chi connectivity index (χ1) is 19.5. The molecule has 0 aromatic heterocycles. The van der Waals surface area contributed by atoms with E-state index in [2.05, 4.69) is 11.0 Å². The summed E-state index contributed by atoms with van der Waals surface area (Å²) in [7, 11) is 1.70. The van der Waals surface area contributed by atoms with E-state index in [1.807, 2.05) is 28.9 Å². The fraction of sp³-hybridized carbons (Fsp3) is 0.562. The SMILES string of the molecule is CCC(Oc1ccc2c(c1)C(c1ccc(F)cc1)N(C(=O)C1CCCC1)CC2)C(=O)N1CCN(CCOC)CC1. The number of fused-ring (bicyclic) bond motifs is 1. The molecule has 40 heavy (non-hydrogen) atoms. The second kappa shape index (κ2) is 13.1. The standard InChI is InChI=1S/C32H42FN3O4/c1-3-29(32(38)35-18-16-34(17-19-35)20-21-39-2)40-27-13-10-23-14-15-36(31(37)25-6-4-5-7-25)30(28(23)22-27)24-8-11-26(33)12-9-24/h8-13,22,25,29-30H,3-7,14-21H2,1-2H3. The maximum Gasteiger partial charge on any atom is 0.263 e. The van der Waals surface area contributed by atoms with E-state index >= 15 is 0 Å². The molecule has 1 saturated heterocycles. The van der Waals surface area contributed by atoms with Crippen LogP contribution in [-0.2, 0) is 20.7 Å². The number of carbonyl (C=O) groups excluding carboxylic acids is 2. The molecular weight excluding hydrogens is 509 g/mol. The zero-order chi connectivity index (χ0) is 28.1. The number of carbonyl (C=O) groups is 2. The summed E-state index contributed by atoms with van der Waals surface area (Å²) in [5.74, 6) is 0.588. The topological polar surface area (TPSA) is 62.3 Å². The average Bonchev–Trinajstić information content (AvgIpc) is 3.53. The zero-order valence-corrected chi connectivity index (χ0v) is 23.8. The minimum Gasteiger partial charge on any atom is -0.481 e. The van der Waals surface area contributed by atoms with E-state index in [9.17, 15) is 14.0 Å². The number of piperazine rings is 1. The van der Waals surface area contributed by atoms with Crippen molar-refractivity contribution in [1.82, 2.24) is 14.7 Å². The number of amides is 2. The number of methoxy groups -OCH3 is 1. The van der Waals surface area contributed by atoms with Crippen molar-refractivity contribution in [1.29, 1.82) is 0 Å². The average molecular weight is 552 g/mol. The Morgan fingerprint density at radius 1 is 1.00 bits per heavy atom. The van der Waals surface area contributed by atoms with Gasteiger partial charge < -0.3 is 19.3 Å². The number of nitrogens with zero attached hydrogens (tertiary/aromatic N) is 3. The molecule has 2 heterocycles. The van der Waals surface area contributed by atoms with Crippen LogP contribution in [0.25, 0.3) is 0 Å². The van der Waals surface area contributed by atoms with Crippen molar-refractivity contribution in [3.63, 3.8) is 0 Å². The van der Waals surface area contributed by atoms with Crippen molar-refractivity contribution < 1.29 is 23.5 Å². The van der Waals surface area contributed by atoms with Crippen molar-refractivity contribution in [3.05, 3.63) is 65.0 Å². The molecule has 0 radical (unpaired) electrons. The molecule has 5 rings (SSSR count). The highest BCUT2D eigenvalue weighted by Gasteiger charge is 2.37. The lowest BCUT2D eigenvalue weighted by Crippen LogP contribution is -2.52. The van der Waals surface area contributed by atoms with Crippen LogP contribution in [0.3, 0.4) is 0 Å². The number of benzene rings is 2. The van der Waals surface area contributed by atoms with Gasteiger partial charge in [-0.15, -0.1) is 0 Å². The first-order valence-corrected chi connectivity index (χ1v) is 14.8. The Balaban J connectivity index is 1.36. The highest BCUT2D eigenvalue weighted by Crippen LogP contribution is 2.40. The first-order valence-electron chi connectivity index (χ1n) is 14.8. The van der Waals surface area contributed by atoms with Crippen LogP contribution in [0.15, 0.2) is 42.5 Å². The molecule has 0 bridgehead atoms. The fourth-order valence-corrected chi connectivity index (χ4v) is 6.40. The Labute approximate surface area is 237 Å². The van der Waals surface area contributed by atoms with E-state index in [1.165, 1.54) is 12.1 Å². The van der Waals surface area contributed by atoms with Gasteiger partial charge in [0.2, 0.25) is 5.91 Å². The van der Waals surface area contributed by atoms with Gasteiger partial charge in [0.25, 0.3) is 5.91 Å². The van der Waals surface area contributed by atoms with Crippen LogP contribution in [-0.4, -0.2) is 85.6 Å². The largest absolute Gasteiger partial charge is 0.481 e. The molecule has 3 aliphatic rings. The lowest BCUT2D eigenvalue weighted by molar-refractivity contribution is -0.140. The lowest BCUT2D eigenvalue weighted by atomic mass is 9.87. The van der Waals surface area contributed by atoms with Gasteiger partial charge in [-0.3, -0.25) is 14.5 Å². The van der Waals surface area contributed by atoms with E-state index in [-0.39, 0.29) is 29.6 Å². The number of hydrogen-bond donors (Lipinski definition) is 0. The van der Waals surface area contributed by atoms with Crippen LogP contribution in [0.2, 0.25) is 0 Å². The lowest BCUT2D eigenvalue weighted by Gasteiger charge is -2.39. The third-order valence-corrected chi connectivity index (χ3v) is 8.74. The van der Waals surface area contributed by atoms with Gasteiger partial charge in [-0.2, -0.15) is 0 Å². The summed E-state index contributed by atoms with van der Waals surface area (Å²) in [5.41, 5.74) is 3.04. The van der Waals surface area contributed by atoms with Crippen molar-refractivity contribution in [3.8, 4) is 5.75 Å². The number of halogens is 1. The third-order valence-electron chi connectivity index (χ3n) is 8.74. The van der Waals surface area contributed by atoms with Crippen LogP contribution in [0.5, 0.6) is 5.75 Å². The van der Waals surface area contributed by atoms with Crippen molar-refractivity contribution >= 4 is 11.8 Å². The highest BCUT2D eigenvalue weighted by molar-refractivity contribution is 5.82. The number of ether oxygens (including phenoxy) is 2. The Morgan fingerprint density at radius 3 is 2.40 bits per heavy atom. The van der Waals surface area contributed by atoms with E-state index in [0.29, 0.717) is 38.4 Å². The van der Waals surface area contributed by atoms with Crippen molar-refractivity contribution in [2.45, 2.75) is 57.6 Å². The Morgan fingerprint density at radius 2 is 1.73 bits per heavy atom. The van der Waals surface area contributed by atoms with Crippen LogP contribution >= 0.6 is 0 Å². The molecule has 0 spiro atoms. The van der Waals surface area contributed by atoms with Crippen LogP contribution in [0.1, 0.15) is 61.8 Å². The monoisotopic (exact) mass is 551 g/mol. The predicted molar refractivity (Wildman–Crippen MR) is 152 cm³/mol. The second-order valence-corrected chi connectivity index (χ2v) is 11.3. The molecule has 1 aliphatic carbocycles. The smallest absolute Gasteiger partial charge is 0.263 e. The summed E-state index contributed by atoms with van der Waals surface area (Å²) in [6.07, 6.45) is 4.80. The maximum atomic E-state index is 13.9. The van der Waals surface area contributed by atoms with Crippen molar-refractivity contribution in [2.24, 2.45) is 5.92 Å². The summed E-state index contributed by atoms with van der Waals surface area (Å²) in [5, 5.41) is 0. The molecule has 2 aromatic carbocycles. The second-order valence-electron chi connectivity index (χ2n) is 11.3. The van der Waals surface area contributed by atoms with E-state index in [0.717, 1.165) is 68.4 Å². The molecule has 0 N–H and O–H groups in total. The molecule has 2 fully saturated rings. The van der Waals surface area contributed by atoms with Crippen LogP contribution in [0, 0.1) is 11.7 Å². The van der Waals surface area contributed by atoms with Gasteiger partial charge in [0, 0.05) is 52.3 Å². The van der Waals surface area contributed by atoms with E-state index in [4.69, 9.17) is 9.47 Å². The Bertz CT molecular complexity index is 1160. The zero-order valence-electron chi connectivity index (χ0n) is 23.8. The number of hydrogen-bond acceptors (Lipinski definition) is 5. The Hall–Kier alpha value is -2.97. The van der Waals surface area contributed by atoms with E-state index < -0.39 is 6.10 Å². The van der Waals surface area contributed by atoms with Crippen LogP contribution < -0.4 is 4.74 Å². The molecule has 2 aromatic rings. The minimum absolute atomic E-state index is 0.0136. The van der Waals surface area contributed by atoms with Crippen LogP contribution in [0.4, 0.5) is 4.39 Å². The van der Waals surface area contributed by atoms with Gasteiger partial charge in [-0.25, -0.2) is 4.39 Å². The molecule has 8 heteroatoms. The van der Waals surface area contributed by atoms with Gasteiger partial charge in [0.05, 0.1) is 12.6 Å². The summed E-state index contributed by atoms with van der Waals surface area (Å²) in [6, 6.07) is 12.2. The summed E-state index contributed by atoms with van der Waals surface area (Å²) in [4.78, 5) is 33.3. The van der Waals surface area contributed by atoms with Gasteiger partial charge in [-0.1, -0.05) is 38.0 Å². The molecule has 7 nitrogen and oxygen atoms in total. The van der Waals surface area contributed by atoms with Crippen molar-refractivity contribution in [2.75, 3.05) is 53.0 Å². The highest BCUT2D eigenvalue weighted by atomic mass is 19.1. The van der Waals surface area contributed by atoms with Gasteiger partial charge in [-0.05, 0) is 66.6 Å². The minimum atomic E-state index is -0.576. The quantitative estimate of drug-likeness (QED) is 0.461. The van der Waals surface area contributed by atoms with Gasteiger partial charge >= 0.3 is 0 Å². The van der Waals surface area contributed by atoms with Gasteiger partial charge in [0.1, 0.15) is 11.6 Å². The van der Waals surface area contributed by atoms with E-state index in [1.54, 1.807) is 19.2 Å². The Kier molecular flexibility index (Phi) is 9.37. The first kappa shape index (κ1) is 28.6. The third kappa shape index (κ3) is 6.33. The molecule has 1 saturated carbocycles. The molecule has 2 atom stereocenters. The van der Waals surface area contributed by atoms with Gasteiger partial charge in [0.15, 0.2) is 6.10 Å². The fourth-order valence-electron chi connectivity index (χ4n) is 6.40. The summed E-state index contributed by atoms with van der Waals surface area (Å²) in [6.45, 7) is 7.18. The molecular formula is C32H42FN3O4. The molecule has 2 unspecified atom stereocenters. The summed E-state index contributed by atoms with van der Waals surface area (Å²) < 4.78 is 25.4. The number of rotatable bonds is 9. The summed E-state index contributed by atoms with van der Waals surface area (Å²) >= 11 is 0. The maximum absolute atomic E-state index is 13.9. The molecule has 2 aliphatic heterocycles. The molecule has 2 amide bonds. The molecule has 216 valence electrons. The predicted octanol–water partition coefficient (Wildman–Crippen LogP) is 4.44. The normalized spacial score (nSPS) is 20.8.